The third-order valence-electron chi connectivity index (χ3n) is 22.2. The predicted octanol–water partition coefficient (Wildman–Crippen LogP) is 20.0. The molecule has 6 aliphatic heterocycles. The van der Waals surface area contributed by atoms with Crippen LogP contribution in [0.2, 0.25) is 0 Å². The van der Waals surface area contributed by atoms with Crippen LogP contribution in [-0.4, -0.2) is 84.4 Å². The van der Waals surface area contributed by atoms with Crippen molar-refractivity contribution in [1.82, 2.24) is 0 Å². The van der Waals surface area contributed by atoms with Crippen molar-refractivity contribution in [3.8, 4) is 90.5 Å². The first-order valence-electron chi connectivity index (χ1n) is 44.2. The molecule has 16 aromatic rings. The van der Waals surface area contributed by atoms with Gasteiger partial charge in [0, 0.05) is 121 Å². The van der Waals surface area contributed by atoms with Crippen LogP contribution >= 0.6 is 127 Å². The Hall–Kier alpha value is -5.56. The van der Waals surface area contributed by atoms with Crippen LogP contribution in [0.5, 0.6) is 46.0 Å². The Morgan fingerprint density at radius 1 is 0.207 bits per heavy atom. The van der Waals surface area contributed by atoms with Crippen molar-refractivity contribution in [2.45, 2.75) is 110 Å². The van der Waals surface area contributed by atoms with Gasteiger partial charge >= 0.3 is 87.7 Å². The van der Waals surface area contributed by atoms with Crippen molar-refractivity contribution in [3.05, 3.63) is 278 Å². The summed E-state index contributed by atoms with van der Waals surface area (Å²) in [5.41, 5.74) is 3.94. The zero-order valence-corrected chi connectivity index (χ0v) is 93.3. The Morgan fingerprint density at radius 3 is 0.467 bits per heavy atom. The van der Waals surface area contributed by atoms with Crippen molar-refractivity contribution in [2.75, 3.05) is 79.3 Å². The van der Waals surface area contributed by atoms with Gasteiger partial charge in [-0.1, -0.05) is 300 Å². The van der Waals surface area contributed by atoms with E-state index in [0.717, 1.165) is 201 Å². The molecule has 26 heteroatoms. The standard InChI is InChI=1S/4C20H12Br2O2.C5H12.6C4H8O.3Li.U/c4*21-13-3-5-15-11(9-13)1-7-17(23)19(15)20-16-6-4-14(22)10-12(16)2-8-18(20)24;1-3-5-4-2;6*1-2-4-5-3-1;;;;/h4*1-10,23-24H;3-5H2,1-2H3;6*1-4H2;;;;/q;;;;;;;;;;;3*+1;+4/p-7. The van der Waals surface area contributed by atoms with Crippen LogP contribution in [0.1, 0.15) is 110 Å². The SMILES string of the molecule is C1CCOC1.C1CCOC1.C1CCOC1.C1CCOC1.C1CCOC1.C1CCOC1.CCCCC.[Li+].[Li+].[Li+].[O-]c1ccc2cc(Br)ccc2c1-c1c(O)ccc2cc(Br)ccc12.[O-]c1ccc2cc(Br)ccc2c1-c1c([O-])ccc2cc(Br)ccc12.[O-]c1ccc2cc(Br)ccc2c1-c1c([O-])ccc2cc(Br)ccc12.[O-]c1ccc2cc(Br)ccc2c1-c1c([O-])ccc2cc(Br)ccc12.[U+4]. The number of ether oxygens (including phenoxy) is 6. The van der Waals surface area contributed by atoms with Crippen LogP contribution in [0.3, 0.4) is 0 Å². The first-order valence-corrected chi connectivity index (χ1v) is 50.6. The second-order valence-corrected chi connectivity index (χ2v) is 39.1. The van der Waals surface area contributed by atoms with Crippen molar-refractivity contribution < 1.29 is 157 Å². The molecule has 0 aliphatic carbocycles. The summed E-state index contributed by atoms with van der Waals surface area (Å²) in [6.07, 6.45) is 19.4. The van der Waals surface area contributed by atoms with E-state index < -0.39 is 0 Å². The first-order chi connectivity index (χ1) is 63.6. The summed E-state index contributed by atoms with van der Waals surface area (Å²) < 4.78 is 37.2. The van der Waals surface area contributed by atoms with E-state index in [1.807, 2.05) is 158 Å². The summed E-state index contributed by atoms with van der Waals surface area (Å²) in [6.45, 7) is 16.4. The van der Waals surface area contributed by atoms with Gasteiger partial charge in [-0.15, -0.1) is 40.2 Å². The molecule has 684 valence electrons. The van der Waals surface area contributed by atoms with Crippen LogP contribution in [0.4, 0.5) is 0 Å². The molecule has 0 bridgehead atoms. The molecule has 6 saturated heterocycles. The Kier molecular flexibility index (Phi) is 50.5. The molecule has 14 nitrogen and oxygen atoms in total. The summed E-state index contributed by atoms with van der Waals surface area (Å²) in [6, 6.07) is 72.7. The molecule has 16 aromatic carbocycles. The fourth-order valence-electron chi connectivity index (χ4n) is 15.7. The number of aromatic hydroxyl groups is 1. The number of phenolic OH excluding ortho intramolecular Hbond substituents is 1. The van der Waals surface area contributed by atoms with Crippen molar-refractivity contribution in [1.29, 1.82) is 0 Å². The molecule has 0 amide bonds. The molecule has 0 spiro atoms. The van der Waals surface area contributed by atoms with E-state index in [1.54, 1.807) is 48.5 Å². The molecule has 0 atom stereocenters. The number of hydrogen-bond donors (Lipinski definition) is 1. The summed E-state index contributed by atoms with van der Waals surface area (Å²) in [7, 11) is 0. The van der Waals surface area contributed by atoms with E-state index in [4.69, 9.17) is 28.4 Å². The molecule has 6 fully saturated rings. The Labute approximate surface area is 918 Å². The van der Waals surface area contributed by atoms with Crippen LogP contribution in [-0.2, 0) is 28.4 Å². The zero-order chi connectivity index (χ0) is 92.7. The van der Waals surface area contributed by atoms with Gasteiger partial charge < -0.3 is 69.3 Å². The zero-order valence-electron chi connectivity index (χ0n) is 76.5. The van der Waals surface area contributed by atoms with Crippen LogP contribution in [0.15, 0.2) is 278 Å². The van der Waals surface area contributed by atoms with Crippen molar-refractivity contribution in [3.63, 3.8) is 0 Å². The minimum absolute atomic E-state index is 0. The fraction of sp³-hybridized carbons (Fsp3) is 0.266. The molecule has 6 aliphatic rings. The molecule has 1 N–H and O–H groups in total. The van der Waals surface area contributed by atoms with Gasteiger partial charge in [-0.2, -0.15) is 0 Å². The number of hydrogen-bond acceptors (Lipinski definition) is 14. The third-order valence-corrected chi connectivity index (χ3v) is 26.2. The van der Waals surface area contributed by atoms with Gasteiger partial charge in [-0.05, 0) is 305 Å². The van der Waals surface area contributed by atoms with Crippen molar-refractivity contribution in [2.24, 2.45) is 0 Å². The maximum atomic E-state index is 12.6. The average Bonchev–Trinajstić information content (AvgIpc) is 1.67. The predicted molar refractivity (Wildman–Crippen MR) is 552 cm³/mol. The van der Waals surface area contributed by atoms with E-state index in [1.165, 1.54) is 133 Å². The second kappa shape index (κ2) is 59.4. The summed E-state index contributed by atoms with van der Waals surface area (Å²) in [5.74, 6) is -0.841. The largest absolute Gasteiger partial charge is 4.00 e. The molecule has 0 unspecified atom stereocenters. The molecule has 0 radical (unpaired) electrons. The maximum Gasteiger partial charge on any atom is 4.00 e. The number of unbranched alkanes of at least 4 members (excludes halogenated alkanes) is 2. The van der Waals surface area contributed by atoms with Gasteiger partial charge in [0.25, 0.3) is 0 Å². The molecule has 0 aromatic heterocycles. The quantitative estimate of drug-likeness (QED) is 0.152. The van der Waals surface area contributed by atoms with Crippen molar-refractivity contribution >= 4 is 214 Å². The van der Waals surface area contributed by atoms with E-state index in [9.17, 15) is 40.9 Å². The summed E-state index contributed by atoms with van der Waals surface area (Å²) >= 11 is 27.6. The van der Waals surface area contributed by atoms with Crippen LogP contribution in [0.25, 0.3) is 131 Å². The fourth-order valence-corrected chi connectivity index (χ4v) is 18.8. The summed E-state index contributed by atoms with van der Waals surface area (Å²) in [4.78, 5) is 0. The molecule has 22 rings (SSSR count). The Bertz CT molecular complexity index is 5340. The van der Waals surface area contributed by atoms with Gasteiger partial charge in [-0.25, -0.2) is 0 Å². The number of halogens is 8. The van der Waals surface area contributed by atoms with Gasteiger partial charge in [0.1, 0.15) is 5.75 Å². The van der Waals surface area contributed by atoms with Gasteiger partial charge in [0.05, 0.1) is 0 Å². The number of fused-ring (bicyclic) bond motifs is 8. The first kappa shape index (κ1) is 115. The normalized spacial score (nSPS) is 13.6. The minimum Gasteiger partial charge on any atom is -0.872 e. The average molecular weight is 2530 g/mol. The number of benzene rings is 16. The monoisotopic (exact) mass is 2520 g/mol. The van der Waals surface area contributed by atoms with E-state index in [2.05, 4.69) is 141 Å². The van der Waals surface area contributed by atoms with E-state index in [0.29, 0.717) is 44.5 Å². The molecule has 6 heterocycles. The van der Waals surface area contributed by atoms with Gasteiger partial charge in [-0.3, -0.25) is 0 Å². The Morgan fingerprint density at radius 2 is 0.341 bits per heavy atom. The van der Waals surface area contributed by atoms with E-state index in [-0.39, 0.29) is 134 Å². The smallest absolute Gasteiger partial charge is 0.872 e. The maximum absolute atomic E-state index is 12.6. The molecular weight excluding hydrogens is 2430 g/mol. The van der Waals surface area contributed by atoms with Gasteiger partial charge in [0.2, 0.25) is 0 Å². The second-order valence-electron chi connectivity index (χ2n) is 31.7. The van der Waals surface area contributed by atoms with Crippen LogP contribution in [0, 0.1) is 31.1 Å². The molecule has 0 saturated carbocycles. The topological polar surface area (TPSA) is 237 Å². The third kappa shape index (κ3) is 32.7. The molecule has 135 heavy (non-hydrogen) atoms. The Balaban J connectivity index is 0.000000195. The number of rotatable bonds is 6. The molecular formula is C109H101Br8Li3O14U. The van der Waals surface area contributed by atoms with Gasteiger partial charge in [0.15, 0.2) is 0 Å². The van der Waals surface area contributed by atoms with Crippen LogP contribution < -0.4 is 92.3 Å². The summed E-state index contributed by atoms with van der Waals surface area (Å²) in [5, 5.41) is 113. The minimum atomic E-state index is -0.141. The number of phenols is 1. The van der Waals surface area contributed by atoms with E-state index >= 15 is 0 Å².